The molecule has 0 bridgehead atoms. The molecule has 1 aliphatic carbocycles. The molecule has 0 unspecified atom stereocenters. The van der Waals surface area contributed by atoms with Crippen LogP contribution in [0.4, 0.5) is 24.8 Å². The Kier molecular flexibility index (Phi) is 6.53. The highest BCUT2D eigenvalue weighted by Crippen LogP contribution is 2.46. The van der Waals surface area contributed by atoms with Crippen LogP contribution in [-0.2, 0) is 4.79 Å². The number of benzene rings is 2. The number of ether oxygens (including phenoxy) is 1. The summed E-state index contributed by atoms with van der Waals surface area (Å²) in [6.45, 7) is 6.80. The average molecular weight is 487 g/mol. The number of carbonyl (C=O) groups is 1. The number of aromatic nitrogens is 2. The Morgan fingerprint density at radius 2 is 1.91 bits per heavy atom. The Balaban J connectivity index is 1.73. The molecule has 35 heavy (non-hydrogen) atoms. The van der Waals surface area contributed by atoms with Gasteiger partial charge < -0.3 is 20.4 Å². The van der Waals surface area contributed by atoms with Gasteiger partial charge >= 0.3 is 6.36 Å². The summed E-state index contributed by atoms with van der Waals surface area (Å²) in [6, 6.07) is 11.5. The van der Waals surface area contributed by atoms with Crippen LogP contribution in [0.5, 0.6) is 5.75 Å². The highest BCUT2D eigenvalue weighted by Gasteiger charge is 2.35. The van der Waals surface area contributed by atoms with Crippen LogP contribution < -0.4 is 15.8 Å². The number of fused-ring (bicyclic) bond motifs is 1. The second-order valence-corrected chi connectivity index (χ2v) is 10.1. The molecular weight excluding hydrogens is 457 g/mol. The van der Waals surface area contributed by atoms with E-state index in [-0.39, 0.29) is 17.2 Å². The van der Waals surface area contributed by atoms with Gasteiger partial charge in [-0.25, -0.2) is 4.98 Å². The molecule has 3 N–H and O–H groups in total. The number of nitrogens with one attached hydrogen (secondary N) is 1. The third kappa shape index (κ3) is 6.15. The minimum absolute atomic E-state index is 0.164. The van der Waals surface area contributed by atoms with Gasteiger partial charge in [-0.3, -0.25) is 4.79 Å². The molecule has 3 aromatic rings. The zero-order valence-electron chi connectivity index (χ0n) is 19.9. The molecule has 1 aliphatic rings. The SMILES string of the molecule is C[C@H]1C[C@@H](n2c(Nc3ccc(OC(F)(F)F)cc3)nc3cc(C=CC(N)=O)ccc32)CC(C)(C)C1. The summed E-state index contributed by atoms with van der Waals surface area (Å²) < 4.78 is 43.7. The molecule has 6 nitrogen and oxygen atoms in total. The van der Waals surface area contributed by atoms with Gasteiger partial charge in [0.05, 0.1) is 11.0 Å². The summed E-state index contributed by atoms with van der Waals surface area (Å²) in [7, 11) is 0. The van der Waals surface area contributed by atoms with Crippen LogP contribution in [0.1, 0.15) is 51.6 Å². The van der Waals surface area contributed by atoms with Crippen LogP contribution in [0.3, 0.4) is 0 Å². The molecular formula is C26H29F3N4O2. The molecule has 1 amide bonds. The highest BCUT2D eigenvalue weighted by molar-refractivity contribution is 5.91. The van der Waals surface area contributed by atoms with Crippen LogP contribution in [0.25, 0.3) is 17.1 Å². The van der Waals surface area contributed by atoms with Crippen molar-refractivity contribution in [2.75, 3.05) is 5.32 Å². The first-order valence-electron chi connectivity index (χ1n) is 11.5. The number of amides is 1. The zero-order chi connectivity index (χ0) is 25.4. The van der Waals surface area contributed by atoms with Gasteiger partial charge in [-0.15, -0.1) is 13.2 Å². The number of rotatable bonds is 6. The van der Waals surface area contributed by atoms with Crippen molar-refractivity contribution in [2.45, 2.75) is 52.4 Å². The maximum absolute atomic E-state index is 12.5. The standard InChI is InChI=1S/C26H29F3N4O2/c1-16-12-19(15-25(2,3)14-16)33-22-10-4-17(5-11-23(30)34)13-21(22)32-24(33)31-18-6-8-20(9-7-18)35-26(27,28)29/h4-11,13,16,19H,12,14-15H2,1-3H3,(H2,30,34)(H,31,32)/t16-,19+/m0/s1. The number of halogens is 3. The molecule has 2 atom stereocenters. The van der Waals surface area contributed by atoms with Crippen molar-refractivity contribution in [3.05, 3.63) is 54.1 Å². The van der Waals surface area contributed by atoms with E-state index < -0.39 is 12.3 Å². The minimum Gasteiger partial charge on any atom is -0.406 e. The molecule has 186 valence electrons. The van der Waals surface area contributed by atoms with E-state index in [9.17, 15) is 18.0 Å². The smallest absolute Gasteiger partial charge is 0.406 e. The summed E-state index contributed by atoms with van der Waals surface area (Å²) in [4.78, 5) is 15.9. The summed E-state index contributed by atoms with van der Waals surface area (Å²) in [5, 5.41) is 3.28. The van der Waals surface area contributed by atoms with Crippen LogP contribution >= 0.6 is 0 Å². The maximum atomic E-state index is 12.5. The van der Waals surface area contributed by atoms with E-state index in [2.05, 4.69) is 35.4 Å². The van der Waals surface area contributed by atoms with E-state index in [1.54, 1.807) is 6.08 Å². The second kappa shape index (κ2) is 9.28. The van der Waals surface area contributed by atoms with Crippen LogP contribution in [0.2, 0.25) is 0 Å². The molecule has 9 heteroatoms. The normalized spacial score (nSPS) is 20.3. The minimum atomic E-state index is -4.74. The predicted octanol–water partition coefficient (Wildman–Crippen LogP) is 6.56. The topological polar surface area (TPSA) is 82.2 Å². The third-order valence-electron chi connectivity index (χ3n) is 6.23. The fourth-order valence-electron chi connectivity index (χ4n) is 5.22. The van der Waals surface area contributed by atoms with E-state index in [0.717, 1.165) is 35.9 Å². The molecule has 1 saturated carbocycles. The first-order valence-corrected chi connectivity index (χ1v) is 11.5. The Bertz CT molecular complexity index is 1250. The van der Waals surface area contributed by atoms with Crippen molar-refractivity contribution in [2.24, 2.45) is 17.1 Å². The number of hydrogen-bond donors (Lipinski definition) is 2. The Morgan fingerprint density at radius 1 is 1.20 bits per heavy atom. The van der Waals surface area contributed by atoms with Gasteiger partial charge in [-0.05, 0) is 78.6 Å². The fourth-order valence-corrected chi connectivity index (χ4v) is 5.22. The number of imidazole rings is 1. The highest BCUT2D eigenvalue weighted by atomic mass is 19.4. The number of nitrogens with two attached hydrogens (primary N) is 1. The first kappa shape index (κ1) is 24.6. The summed E-state index contributed by atoms with van der Waals surface area (Å²) in [5.74, 6) is 0.320. The number of nitrogens with zero attached hydrogens (tertiary/aromatic N) is 2. The average Bonchev–Trinajstić information content (AvgIpc) is 3.08. The Hall–Kier alpha value is -3.49. The predicted molar refractivity (Wildman–Crippen MR) is 130 cm³/mol. The molecule has 2 aromatic carbocycles. The molecule has 0 aliphatic heterocycles. The lowest BCUT2D eigenvalue weighted by Crippen LogP contribution is -2.29. The zero-order valence-corrected chi connectivity index (χ0v) is 19.9. The molecule has 0 saturated heterocycles. The summed E-state index contributed by atoms with van der Waals surface area (Å²) in [5.41, 5.74) is 8.45. The van der Waals surface area contributed by atoms with Crippen molar-refractivity contribution in [1.29, 1.82) is 0 Å². The fraction of sp³-hybridized carbons (Fsp3) is 0.385. The lowest BCUT2D eigenvalue weighted by molar-refractivity contribution is -0.274. The lowest BCUT2D eigenvalue weighted by Gasteiger charge is -2.40. The Morgan fingerprint density at radius 3 is 2.54 bits per heavy atom. The Labute approximate surface area is 202 Å². The van der Waals surface area contributed by atoms with Gasteiger partial charge in [0.15, 0.2) is 0 Å². The molecule has 1 fully saturated rings. The largest absolute Gasteiger partial charge is 0.573 e. The van der Waals surface area contributed by atoms with Gasteiger partial charge in [0.1, 0.15) is 5.75 Å². The van der Waals surface area contributed by atoms with Gasteiger partial charge in [-0.1, -0.05) is 26.8 Å². The van der Waals surface area contributed by atoms with Crippen molar-refractivity contribution in [3.63, 3.8) is 0 Å². The molecule has 1 aromatic heterocycles. The maximum Gasteiger partial charge on any atom is 0.573 e. The molecule has 4 rings (SSSR count). The number of hydrogen-bond acceptors (Lipinski definition) is 4. The van der Waals surface area contributed by atoms with E-state index in [0.29, 0.717) is 17.6 Å². The quantitative estimate of drug-likeness (QED) is 0.387. The molecule has 1 heterocycles. The number of anilines is 2. The number of alkyl halides is 3. The lowest BCUT2D eigenvalue weighted by atomic mass is 9.70. The van der Waals surface area contributed by atoms with Crippen molar-refractivity contribution in [3.8, 4) is 5.75 Å². The number of primary amides is 1. The van der Waals surface area contributed by atoms with Gasteiger partial charge in [0.25, 0.3) is 0 Å². The van der Waals surface area contributed by atoms with E-state index >= 15 is 0 Å². The van der Waals surface area contributed by atoms with Crippen LogP contribution in [0.15, 0.2) is 48.5 Å². The van der Waals surface area contributed by atoms with Crippen molar-refractivity contribution in [1.82, 2.24) is 9.55 Å². The number of carbonyl (C=O) groups excluding carboxylic acids is 1. The summed E-state index contributed by atoms with van der Waals surface area (Å²) in [6.07, 6.45) is 1.30. The van der Waals surface area contributed by atoms with Crippen LogP contribution in [-0.4, -0.2) is 21.8 Å². The van der Waals surface area contributed by atoms with E-state index in [4.69, 9.17) is 10.7 Å². The van der Waals surface area contributed by atoms with Crippen molar-refractivity contribution < 1.29 is 22.7 Å². The van der Waals surface area contributed by atoms with E-state index in [1.165, 1.54) is 30.3 Å². The second-order valence-electron chi connectivity index (χ2n) is 10.1. The van der Waals surface area contributed by atoms with Gasteiger partial charge in [0, 0.05) is 17.8 Å². The van der Waals surface area contributed by atoms with Gasteiger partial charge in [0.2, 0.25) is 11.9 Å². The first-order chi connectivity index (χ1) is 16.4. The van der Waals surface area contributed by atoms with E-state index in [1.807, 2.05) is 18.2 Å². The molecule has 0 spiro atoms. The third-order valence-corrected chi connectivity index (χ3v) is 6.23. The van der Waals surface area contributed by atoms with Crippen molar-refractivity contribution >= 4 is 34.7 Å². The molecule has 0 radical (unpaired) electrons. The van der Waals surface area contributed by atoms with Crippen LogP contribution in [0, 0.1) is 11.3 Å². The summed E-state index contributed by atoms with van der Waals surface area (Å²) >= 11 is 0. The van der Waals surface area contributed by atoms with Gasteiger partial charge in [-0.2, -0.15) is 0 Å². The monoisotopic (exact) mass is 486 g/mol.